The molecule has 11 nitrogen and oxygen atoms in total. The molecule has 0 radical (unpaired) electrons. The van der Waals surface area contributed by atoms with Crippen LogP contribution in [0.4, 0.5) is 0 Å². The zero-order valence-electron chi connectivity index (χ0n) is 23.3. The van der Waals surface area contributed by atoms with E-state index in [1.165, 1.54) is 27.9 Å². The molecule has 1 heterocycles. The van der Waals surface area contributed by atoms with Crippen LogP contribution in [0.25, 0.3) is 0 Å². The summed E-state index contributed by atoms with van der Waals surface area (Å²) in [6.07, 6.45) is -3.07. The van der Waals surface area contributed by atoms with E-state index in [0.717, 1.165) is 17.3 Å². The number of methoxy groups -OCH3 is 1. The topological polar surface area (TPSA) is 144 Å². The lowest BCUT2D eigenvalue weighted by Gasteiger charge is -2.48. The molecule has 39 heavy (non-hydrogen) atoms. The molecule has 1 N–H and O–H groups in total. The van der Waals surface area contributed by atoms with Gasteiger partial charge >= 0.3 is 23.9 Å². The summed E-state index contributed by atoms with van der Waals surface area (Å²) in [7, 11) is 1.22. The van der Waals surface area contributed by atoms with Gasteiger partial charge in [0, 0.05) is 44.4 Å². The third kappa shape index (κ3) is 8.96. The maximum Gasteiger partial charge on any atom is 0.349 e. The Morgan fingerprint density at radius 1 is 1.08 bits per heavy atom. The highest BCUT2D eigenvalue weighted by atomic mass is 32.2. The van der Waals surface area contributed by atoms with Gasteiger partial charge in [0.15, 0.2) is 0 Å². The molecule has 0 spiro atoms. The number of esters is 4. The summed E-state index contributed by atoms with van der Waals surface area (Å²) < 4.78 is 27.9. The number of rotatable bonds is 11. The lowest BCUT2D eigenvalue weighted by atomic mass is 9.84. The average molecular weight is 568 g/mol. The number of hydrogen-bond acceptors (Lipinski definition) is 11. The van der Waals surface area contributed by atoms with Crippen molar-refractivity contribution in [3.8, 4) is 0 Å². The van der Waals surface area contributed by atoms with E-state index in [4.69, 9.17) is 23.7 Å². The summed E-state index contributed by atoms with van der Waals surface area (Å²) in [5, 5.41) is 2.84. The van der Waals surface area contributed by atoms with Crippen molar-refractivity contribution in [1.82, 2.24) is 5.32 Å². The Kier molecular flexibility index (Phi) is 11.8. The summed E-state index contributed by atoms with van der Waals surface area (Å²) >= 11 is 1.08. The Bertz CT molecular complexity index is 1050. The second-order valence-corrected chi connectivity index (χ2v) is 10.7. The predicted molar refractivity (Wildman–Crippen MR) is 140 cm³/mol. The van der Waals surface area contributed by atoms with Gasteiger partial charge in [-0.2, -0.15) is 0 Å². The minimum Gasteiger partial charge on any atom is -0.466 e. The van der Waals surface area contributed by atoms with E-state index in [9.17, 15) is 24.0 Å². The molecule has 1 aromatic rings. The summed E-state index contributed by atoms with van der Waals surface area (Å²) in [6, 6.07) is 6.46. The van der Waals surface area contributed by atoms with Crippen molar-refractivity contribution in [2.75, 3.05) is 13.7 Å². The molecule has 0 aliphatic carbocycles. The van der Waals surface area contributed by atoms with Gasteiger partial charge in [-0.1, -0.05) is 43.3 Å². The van der Waals surface area contributed by atoms with Crippen LogP contribution in [0.15, 0.2) is 29.2 Å². The Hall–Kier alpha value is -3.12. The largest absolute Gasteiger partial charge is 0.466 e. The van der Waals surface area contributed by atoms with Crippen molar-refractivity contribution in [3.05, 3.63) is 29.8 Å². The monoisotopic (exact) mass is 567 g/mol. The quantitative estimate of drug-likeness (QED) is 0.311. The Balaban J connectivity index is 2.64. The second kappa shape index (κ2) is 14.3. The molecular weight excluding hydrogens is 530 g/mol. The molecule has 1 aromatic carbocycles. The van der Waals surface area contributed by atoms with E-state index in [2.05, 4.69) is 5.32 Å². The van der Waals surface area contributed by atoms with Gasteiger partial charge in [0.05, 0.1) is 19.3 Å². The lowest BCUT2D eigenvalue weighted by Crippen LogP contribution is -2.65. The van der Waals surface area contributed by atoms with E-state index < -0.39 is 59.1 Å². The van der Waals surface area contributed by atoms with Crippen LogP contribution in [0, 0.1) is 12.8 Å². The lowest BCUT2D eigenvalue weighted by molar-refractivity contribution is -0.205. The molecule has 2 rings (SSSR count). The summed E-state index contributed by atoms with van der Waals surface area (Å²) in [5.74, 6) is -3.67. The van der Waals surface area contributed by atoms with E-state index in [-0.39, 0.29) is 25.4 Å². The van der Waals surface area contributed by atoms with Gasteiger partial charge in [0.25, 0.3) is 0 Å². The number of thioether (sulfide) groups is 1. The summed E-state index contributed by atoms with van der Waals surface area (Å²) in [4.78, 5) is 60.5. The number of nitrogens with one attached hydrogen (secondary N) is 1. The Labute approximate surface area is 232 Å². The van der Waals surface area contributed by atoms with Gasteiger partial charge in [-0.15, -0.1) is 0 Å². The van der Waals surface area contributed by atoms with Crippen molar-refractivity contribution in [2.45, 2.75) is 88.6 Å². The highest BCUT2D eigenvalue weighted by Crippen LogP contribution is 2.46. The van der Waals surface area contributed by atoms with Gasteiger partial charge in [0.1, 0.15) is 18.8 Å². The third-order valence-electron chi connectivity index (χ3n) is 6.19. The predicted octanol–water partition coefficient (Wildman–Crippen LogP) is 2.70. The molecule has 0 unspecified atom stereocenters. The Morgan fingerprint density at radius 3 is 2.23 bits per heavy atom. The van der Waals surface area contributed by atoms with Gasteiger partial charge in [0.2, 0.25) is 10.8 Å². The Morgan fingerprint density at radius 2 is 1.72 bits per heavy atom. The van der Waals surface area contributed by atoms with E-state index >= 15 is 0 Å². The van der Waals surface area contributed by atoms with Crippen LogP contribution in [0.2, 0.25) is 0 Å². The first-order chi connectivity index (χ1) is 18.3. The molecule has 216 valence electrons. The molecule has 1 saturated heterocycles. The van der Waals surface area contributed by atoms with Gasteiger partial charge < -0.3 is 29.0 Å². The molecular formula is C27H37NO10S. The van der Waals surface area contributed by atoms with Crippen LogP contribution in [0.5, 0.6) is 0 Å². The molecule has 6 atom stereocenters. The second-order valence-electron chi connectivity index (χ2n) is 9.35. The fourth-order valence-corrected chi connectivity index (χ4v) is 5.50. The molecule has 12 heteroatoms. The fraction of sp³-hybridized carbons (Fsp3) is 0.593. The van der Waals surface area contributed by atoms with E-state index in [0.29, 0.717) is 4.90 Å². The zero-order chi connectivity index (χ0) is 29.3. The summed E-state index contributed by atoms with van der Waals surface area (Å²) in [5.41, 5.74) is 1.01. The van der Waals surface area contributed by atoms with Gasteiger partial charge in [-0.05, 0) is 19.1 Å². The van der Waals surface area contributed by atoms with Crippen molar-refractivity contribution < 1.29 is 47.7 Å². The minimum absolute atomic E-state index is 0.130. The SMILES string of the molecule is CCC(=O)N[C@H]1[C@H]([C@H](C)[C@@H](COC(C)=O)OC(C)=O)O[C@](Sc2ccc(C)cc2)(C(=O)OC)C[C@@H]1OC(C)=O. The highest BCUT2D eigenvalue weighted by molar-refractivity contribution is 8.01. The molecule has 1 amide bonds. The molecule has 0 aromatic heterocycles. The number of carbonyl (C=O) groups is 5. The van der Waals surface area contributed by atoms with Crippen molar-refractivity contribution in [2.24, 2.45) is 5.92 Å². The minimum atomic E-state index is -1.70. The zero-order valence-corrected chi connectivity index (χ0v) is 24.1. The smallest absolute Gasteiger partial charge is 0.349 e. The van der Waals surface area contributed by atoms with Crippen LogP contribution in [-0.2, 0) is 47.7 Å². The van der Waals surface area contributed by atoms with Crippen LogP contribution in [0.1, 0.15) is 53.0 Å². The first-order valence-corrected chi connectivity index (χ1v) is 13.4. The van der Waals surface area contributed by atoms with Gasteiger partial charge in [-0.3, -0.25) is 19.2 Å². The molecule has 0 bridgehead atoms. The number of benzene rings is 1. The molecule has 1 fully saturated rings. The normalized spacial score (nSPS) is 24.0. The molecule has 1 aliphatic heterocycles. The maximum atomic E-state index is 13.4. The van der Waals surface area contributed by atoms with Crippen LogP contribution < -0.4 is 5.32 Å². The molecule has 0 saturated carbocycles. The number of carbonyl (C=O) groups excluding carboxylic acids is 5. The third-order valence-corrected chi connectivity index (χ3v) is 7.46. The van der Waals surface area contributed by atoms with Crippen molar-refractivity contribution in [3.63, 3.8) is 0 Å². The van der Waals surface area contributed by atoms with E-state index in [1.54, 1.807) is 13.8 Å². The standard InChI is InChI=1S/C27H37NO10S/c1-8-23(32)28-24-21(36-18(5)30)13-27(26(33)34-7,39-20-11-9-15(2)10-12-20)38-25(24)16(3)22(37-19(6)31)14-35-17(4)29/h9-12,16,21-22,24-25H,8,13-14H2,1-7H3,(H,28,32)/t16-,21+,22-,24-,25+,27-/m1/s1. The number of aryl methyl sites for hydroxylation is 1. The fourth-order valence-electron chi connectivity index (χ4n) is 4.28. The maximum absolute atomic E-state index is 13.4. The van der Waals surface area contributed by atoms with E-state index in [1.807, 2.05) is 31.2 Å². The number of hydrogen-bond donors (Lipinski definition) is 1. The van der Waals surface area contributed by atoms with Crippen LogP contribution >= 0.6 is 11.8 Å². The number of ether oxygens (including phenoxy) is 5. The average Bonchev–Trinajstić information content (AvgIpc) is 2.87. The first kappa shape index (κ1) is 32.1. The number of amides is 1. The van der Waals surface area contributed by atoms with Crippen molar-refractivity contribution in [1.29, 1.82) is 0 Å². The first-order valence-electron chi connectivity index (χ1n) is 12.6. The molecule has 1 aliphatic rings. The summed E-state index contributed by atoms with van der Waals surface area (Å²) in [6.45, 7) is 8.61. The van der Waals surface area contributed by atoms with Gasteiger partial charge in [-0.25, -0.2) is 4.79 Å². The van der Waals surface area contributed by atoms with Crippen LogP contribution in [-0.4, -0.2) is 72.8 Å². The van der Waals surface area contributed by atoms with Crippen molar-refractivity contribution >= 4 is 41.5 Å². The van der Waals surface area contributed by atoms with Crippen LogP contribution in [0.3, 0.4) is 0 Å². The highest BCUT2D eigenvalue weighted by Gasteiger charge is 2.57.